The highest BCUT2D eigenvalue weighted by Crippen LogP contribution is 2.35. The van der Waals surface area contributed by atoms with E-state index in [1.54, 1.807) is 0 Å². The molecule has 1 saturated heterocycles. The molecule has 9 heavy (non-hydrogen) atoms. The topological polar surface area (TPSA) is 0 Å². The first-order chi connectivity index (χ1) is 4.10. The zero-order valence-electron chi connectivity index (χ0n) is 5.66. The SMILES string of the molecule is C[Si]1(Br)CC[SiH](Br)CC1. The van der Waals surface area contributed by atoms with Gasteiger partial charge in [-0.2, -0.15) is 0 Å². The van der Waals surface area contributed by atoms with Crippen molar-refractivity contribution in [2.45, 2.75) is 30.7 Å². The van der Waals surface area contributed by atoms with E-state index in [0.717, 1.165) is 0 Å². The zero-order valence-corrected chi connectivity index (χ0v) is 11.0. The Morgan fingerprint density at radius 2 is 1.78 bits per heavy atom. The van der Waals surface area contributed by atoms with E-state index in [2.05, 4.69) is 37.1 Å². The third-order valence-corrected chi connectivity index (χ3v) is 12.7. The lowest BCUT2D eigenvalue weighted by molar-refractivity contribution is 1.20. The van der Waals surface area contributed by atoms with Gasteiger partial charge in [0.05, 0.1) is 0 Å². The third kappa shape index (κ3) is 2.86. The van der Waals surface area contributed by atoms with Gasteiger partial charge in [-0.25, -0.2) is 0 Å². The number of rotatable bonds is 0. The molecule has 0 radical (unpaired) electrons. The van der Waals surface area contributed by atoms with E-state index in [9.17, 15) is 0 Å². The molecule has 0 saturated carbocycles. The van der Waals surface area contributed by atoms with E-state index in [0.29, 0.717) is 0 Å². The minimum absolute atomic E-state index is 0.359. The Bertz CT molecular complexity index is 95.1. The highest BCUT2D eigenvalue weighted by atomic mass is 79.9. The summed E-state index contributed by atoms with van der Waals surface area (Å²) in [5.74, 6) is 0. The highest BCUT2D eigenvalue weighted by Gasteiger charge is 2.29. The fraction of sp³-hybridized carbons (Fsp3) is 1.00. The second-order valence-electron chi connectivity index (χ2n) is 3.09. The molecule has 1 rings (SSSR count). The Labute approximate surface area is 75.2 Å². The van der Waals surface area contributed by atoms with E-state index in [1.807, 2.05) is 0 Å². The van der Waals surface area contributed by atoms with Crippen LogP contribution < -0.4 is 0 Å². The van der Waals surface area contributed by atoms with Crippen molar-refractivity contribution >= 4 is 44.7 Å². The summed E-state index contributed by atoms with van der Waals surface area (Å²) >= 11 is 7.64. The van der Waals surface area contributed by atoms with Gasteiger partial charge in [0.15, 0.2) is 0 Å². The van der Waals surface area contributed by atoms with E-state index in [1.165, 1.54) is 24.2 Å². The molecular weight excluding hydrogens is 276 g/mol. The molecule has 0 bridgehead atoms. The van der Waals surface area contributed by atoms with E-state index in [4.69, 9.17) is 0 Å². The van der Waals surface area contributed by atoms with Gasteiger partial charge in [0.2, 0.25) is 0 Å². The summed E-state index contributed by atoms with van der Waals surface area (Å²) in [6.45, 7) is 1.63. The minimum Gasteiger partial charge on any atom is -0.131 e. The van der Waals surface area contributed by atoms with E-state index >= 15 is 0 Å². The maximum Gasteiger partial charge on any atom is 0.126 e. The van der Waals surface area contributed by atoms with Crippen LogP contribution in [0.3, 0.4) is 0 Å². The molecule has 0 amide bonds. The zero-order chi connectivity index (χ0) is 6.91. The molecule has 0 unspecified atom stereocenters. The molecule has 0 aromatic carbocycles. The van der Waals surface area contributed by atoms with Crippen LogP contribution in [0.1, 0.15) is 0 Å². The van der Waals surface area contributed by atoms with Crippen molar-refractivity contribution in [2.24, 2.45) is 0 Å². The van der Waals surface area contributed by atoms with Crippen LogP contribution in [0.5, 0.6) is 0 Å². The number of hydrogen-bond donors (Lipinski definition) is 0. The average Bonchev–Trinajstić information content (AvgIpc) is 1.78. The molecule has 0 atom stereocenters. The van der Waals surface area contributed by atoms with Crippen LogP contribution in [0, 0.1) is 0 Å². The molecule has 0 nitrogen and oxygen atoms in total. The van der Waals surface area contributed by atoms with Gasteiger partial charge in [-0.15, -0.1) is 30.6 Å². The quantitative estimate of drug-likeness (QED) is 0.474. The molecule has 0 spiro atoms. The van der Waals surface area contributed by atoms with Crippen LogP contribution in [0.4, 0.5) is 0 Å². The average molecular weight is 288 g/mol. The fourth-order valence-electron chi connectivity index (χ4n) is 1.18. The predicted octanol–water partition coefficient (Wildman–Crippen LogP) is 3.09. The highest BCUT2D eigenvalue weighted by molar-refractivity contribution is 9.26. The number of halogens is 2. The summed E-state index contributed by atoms with van der Waals surface area (Å²) in [6, 6.07) is 6.06. The first kappa shape index (κ1) is 8.49. The molecule has 1 heterocycles. The Kier molecular flexibility index (Phi) is 3.01. The van der Waals surface area contributed by atoms with Crippen molar-refractivity contribution in [1.29, 1.82) is 0 Å². The van der Waals surface area contributed by atoms with E-state index < -0.39 is 6.69 Å². The monoisotopic (exact) mass is 286 g/mol. The molecule has 0 aromatic heterocycles. The normalized spacial score (nSPS) is 45.0. The van der Waals surface area contributed by atoms with Crippen molar-refractivity contribution in [2.75, 3.05) is 0 Å². The van der Waals surface area contributed by atoms with Crippen molar-refractivity contribution in [3.63, 3.8) is 0 Å². The van der Waals surface area contributed by atoms with Gasteiger partial charge in [-0.3, -0.25) is 0 Å². The van der Waals surface area contributed by atoms with Crippen LogP contribution in [0.15, 0.2) is 0 Å². The standard InChI is InChI=1S/C5H12Br2Si2/c1-9(7)4-2-8(6)3-5-9/h8H,2-5H2,1H3. The lowest BCUT2D eigenvalue weighted by Gasteiger charge is -2.26. The number of hydrogen-bond acceptors (Lipinski definition) is 0. The molecule has 1 fully saturated rings. The molecule has 0 N–H and O–H groups in total. The molecule has 1 aliphatic heterocycles. The Balaban J connectivity index is 2.35. The van der Waals surface area contributed by atoms with Crippen LogP contribution in [0.25, 0.3) is 0 Å². The lowest BCUT2D eigenvalue weighted by atomic mass is 10.9. The Morgan fingerprint density at radius 3 is 2.11 bits per heavy atom. The van der Waals surface area contributed by atoms with Crippen molar-refractivity contribution < 1.29 is 0 Å². The summed E-state index contributed by atoms with van der Waals surface area (Å²) in [5, 5.41) is 0. The summed E-state index contributed by atoms with van der Waals surface area (Å²) in [5.41, 5.74) is 0. The van der Waals surface area contributed by atoms with Crippen molar-refractivity contribution in [3.05, 3.63) is 0 Å². The van der Waals surface area contributed by atoms with Crippen LogP contribution in [-0.2, 0) is 0 Å². The fourth-order valence-corrected chi connectivity index (χ4v) is 17.3. The Morgan fingerprint density at radius 1 is 1.33 bits per heavy atom. The first-order valence-corrected chi connectivity index (χ1v) is 13.4. The maximum absolute atomic E-state index is 3.86. The van der Waals surface area contributed by atoms with Gasteiger partial charge < -0.3 is 0 Å². The van der Waals surface area contributed by atoms with Crippen LogP contribution >= 0.6 is 30.6 Å². The van der Waals surface area contributed by atoms with Crippen LogP contribution in [-0.4, -0.2) is 14.1 Å². The Hall–Kier alpha value is 1.39. The lowest BCUT2D eigenvalue weighted by Crippen LogP contribution is -2.28. The van der Waals surface area contributed by atoms with Gasteiger partial charge in [0.1, 0.15) is 14.1 Å². The van der Waals surface area contributed by atoms with Crippen LogP contribution in [0.2, 0.25) is 30.7 Å². The van der Waals surface area contributed by atoms with Crippen molar-refractivity contribution in [1.82, 2.24) is 0 Å². The van der Waals surface area contributed by atoms with Gasteiger partial charge in [0, 0.05) is 0 Å². The molecule has 0 aromatic rings. The molecular formula is C5H12Br2Si2. The largest absolute Gasteiger partial charge is 0.131 e. The molecule has 0 aliphatic carbocycles. The first-order valence-electron chi connectivity index (χ1n) is 3.43. The second-order valence-corrected chi connectivity index (χ2v) is 18.9. The third-order valence-electron chi connectivity index (χ3n) is 1.96. The summed E-state index contributed by atoms with van der Waals surface area (Å²) in [6.07, 6.45) is 0. The summed E-state index contributed by atoms with van der Waals surface area (Å²) < 4.78 is 0. The summed E-state index contributed by atoms with van der Waals surface area (Å²) in [4.78, 5) is 0. The molecule has 54 valence electrons. The minimum atomic E-state index is -0.815. The molecule has 1 aliphatic rings. The van der Waals surface area contributed by atoms with Crippen molar-refractivity contribution in [3.8, 4) is 0 Å². The van der Waals surface area contributed by atoms with Gasteiger partial charge in [0.25, 0.3) is 0 Å². The maximum atomic E-state index is 3.86. The van der Waals surface area contributed by atoms with Gasteiger partial charge in [-0.05, 0) is 12.1 Å². The van der Waals surface area contributed by atoms with E-state index in [-0.39, 0.29) is 7.42 Å². The summed E-state index contributed by atoms with van der Waals surface area (Å²) in [7, 11) is -0.359. The second kappa shape index (κ2) is 3.19. The van der Waals surface area contributed by atoms with Gasteiger partial charge >= 0.3 is 0 Å². The van der Waals surface area contributed by atoms with Gasteiger partial charge in [-0.1, -0.05) is 18.6 Å². The smallest absolute Gasteiger partial charge is 0.126 e. The predicted molar refractivity (Wildman–Crippen MR) is 55.8 cm³/mol. The molecule has 4 heteroatoms.